The van der Waals surface area contributed by atoms with Gasteiger partial charge in [0.25, 0.3) is 5.91 Å². The van der Waals surface area contributed by atoms with E-state index >= 15 is 0 Å². The number of nitrogens with zero attached hydrogens (tertiary/aromatic N) is 2. The van der Waals surface area contributed by atoms with Gasteiger partial charge in [-0.1, -0.05) is 53.0 Å². The van der Waals surface area contributed by atoms with Crippen LogP contribution in [-0.2, 0) is 6.54 Å². The lowest BCUT2D eigenvalue weighted by molar-refractivity contribution is 0.0633. The molecule has 2 heterocycles. The van der Waals surface area contributed by atoms with Crippen LogP contribution in [0.2, 0.25) is 15.1 Å². The average Bonchev–Trinajstić information content (AvgIpc) is 2.99. The van der Waals surface area contributed by atoms with Gasteiger partial charge in [0.2, 0.25) is 0 Å². The van der Waals surface area contributed by atoms with E-state index < -0.39 is 0 Å². The van der Waals surface area contributed by atoms with Gasteiger partial charge in [-0.25, -0.2) is 0 Å². The molecule has 0 saturated carbocycles. The summed E-state index contributed by atoms with van der Waals surface area (Å²) in [6.45, 7) is 3.92. The first kappa shape index (κ1) is 19.0. The van der Waals surface area contributed by atoms with Gasteiger partial charge in [-0.2, -0.15) is 0 Å². The van der Waals surface area contributed by atoms with Crippen LogP contribution in [0.15, 0.2) is 42.5 Å². The normalized spacial score (nSPS) is 15.4. The van der Waals surface area contributed by atoms with Crippen molar-refractivity contribution < 1.29 is 4.79 Å². The minimum Gasteiger partial charge on any atom is -0.335 e. The van der Waals surface area contributed by atoms with Crippen molar-refractivity contribution in [2.45, 2.75) is 6.54 Å². The first-order chi connectivity index (χ1) is 13.0. The van der Waals surface area contributed by atoms with Crippen molar-refractivity contribution in [3.8, 4) is 0 Å². The summed E-state index contributed by atoms with van der Waals surface area (Å²) < 4.78 is 0.942. The van der Waals surface area contributed by atoms with Crippen LogP contribution < -0.4 is 0 Å². The first-order valence-electron chi connectivity index (χ1n) is 8.65. The van der Waals surface area contributed by atoms with Crippen molar-refractivity contribution in [1.29, 1.82) is 0 Å². The van der Waals surface area contributed by atoms with Crippen LogP contribution in [0.1, 0.15) is 15.2 Å². The molecule has 0 aliphatic carbocycles. The highest BCUT2D eigenvalue weighted by molar-refractivity contribution is 7.21. The Bertz CT molecular complexity index is 979. The molecule has 1 saturated heterocycles. The van der Waals surface area contributed by atoms with Crippen LogP contribution >= 0.6 is 46.1 Å². The van der Waals surface area contributed by atoms with E-state index in [1.807, 2.05) is 41.3 Å². The van der Waals surface area contributed by atoms with Crippen LogP contribution in [-0.4, -0.2) is 41.9 Å². The lowest BCUT2D eigenvalue weighted by atomic mass is 10.2. The van der Waals surface area contributed by atoms with E-state index in [0.717, 1.165) is 34.7 Å². The van der Waals surface area contributed by atoms with Crippen LogP contribution in [0.5, 0.6) is 0 Å². The molecule has 1 aromatic heterocycles. The Hall–Kier alpha value is -1.30. The molecule has 0 atom stereocenters. The molecule has 0 radical (unpaired) electrons. The summed E-state index contributed by atoms with van der Waals surface area (Å²) in [6.07, 6.45) is 0. The first-order valence-corrected chi connectivity index (χ1v) is 10.6. The molecule has 0 N–H and O–H groups in total. The van der Waals surface area contributed by atoms with Gasteiger partial charge in [0.15, 0.2) is 0 Å². The standard InChI is InChI=1S/C20H17Cl3N2OS/c21-14-3-1-13(2-4-14)12-24-7-9-25(10-8-24)20(26)19-18(23)16-6-5-15(22)11-17(16)27-19/h1-6,11H,7-10,12H2. The molecule has 4 rings (SSSR count). The number of thiophene rings is 1. The lowest BCUT2D eigenvalue weighted by Gasteiger charge is -2.34. The molecule has 1 aliphatic rings. The Morgan fingerprint density at radius 2 is 1.59 bits per heavy atom. The largest absolute Gasteiger partial charge is 0.335 e. The molecule has 27 heavy (non-hydrogen) atoms. The van der Waals surface area contributed by atoms with Crippen LogP contribution in [0.25, 0.3) is 10.1 Å². The molecule has 1 amide bonds. The van der Waals surface area contributed by atoms with Gasteiger partial charge < -0.3 is 4.90 Å². The number of piperazine rings is 1. The Morgan fingerprint density at radius 1 is 0.926 bits per heavy atom. The second-order valence-electron chi connectivity index (χ2n) is 6.58. The van der Waals surface area contributed by atoms with E-state index in [-0.39, 0.29) is 5.91 Å². The fourth-order valence-electron chi connectivity index (χ4n) is 3.28. The summed E-state index contributed by atoms with van der Waals surface area (Å²) in [7, 11) is 0. The Morgan fingerprint density at radius 3 is 2.30 bits per heavy atom. The number of amides is 1. The molecule has 0 bridgehead atoms. The van der Waals surface area contributed by atoms with Crippen molar-refractivity contribution in [2.24, 2.45) is 0 Å². The molecular formula is C20H17Cl3N2OS. The second kappa shape index (κ2) is 7.98. The highest BCUT2D eigenvalue weighted by Gasteiger charge is 2.26. The second-order valence-corrected chi connectivity index (χ2v) is 8.88. The molecule has 7 heteroatoms. The Kier molecular flexibility index (Phi) is 5.62. The maximum absolute atomic E-state index is 13.0. The zero-order chi connectivity index (χ0) is 19.0. The predicted molar refractivity (Wildman–Crippen MR) is 114 cm³/mol. The highest BCUT2D eigenvalue weighted by atomic mass is 35.5. The smallest absolute Gasteiger partial charge is 0.265 e. The number of hydrogen-bond donors (Lipinski definition) is 0. The third-order valence-corrected chi connectivity index (χ3v) is 6.90. The van der Waals surface area contributed by atoms with Crippen LogP contribution in [0.4, 0.5) is 0 Å². The fraction of sp³-hybridized carbons (Fsp3) is 0.250. The molecule has 0 unspecified atom stereocenters. The number of carbonyl (C=O) groups is 1. The molecule has 1 aliphatic heterocycles. The third-order valence-electron chi connectivity index (χ3n) is 4.76. The maximum Gasteiger partial charge on any atom is 0.265 e. The Labute approximate surface area is 177 Å². The lowest BCUT2D eigenvalue weighted by Crippen LogP contribution is -2.48. The van der Waals surface area contributed by atoms with Gasteiger partial charge >= 0.3 is 0 Å². The van der Waals surface area contributed by atoms with Crippen molar-refractivity contribution in [3.05, 3.63) is 68.0 Å². The van der Waals surface area contributed by atoms with Gasteiger partial charge in [0, 0.05) is 52.9 Å². The van der Waals surface area contributed by atoms with E-state index in [9.17, 15) is 4.79 Å². The highest BCUT2D eigenvalue weighted by Crippen LogP contribution is 2.37. The Balaban J connectivity index is 1.43. The van der Waals surface area contributed by atoms with Gasteiger partial charge in [-0.15, -0.1) is 11.3 Å². The number of carbonyl (C=O) groups excluding carboxylic acids is 1. The van der Waals surface area contributed by atoms with E-state index in [1.54, 1.807) is 6.07 Å². The summed E-state index contributed by atoms with van der Waals surface area (Å²) >= 11 is 19.9. The number of halogens is 3. The number of fused-ring (bicyclic) bond motifs is 1. The molecule has 140 valence electrons. The number of rotatable bonds is 3. The zero-order valence-electron chi connectivity index (χ0n) is 14.4. The van der Waals surface area contributed by atoms with Gasteiger partial charge in [0.1, 0.15) is 4.88 Å². The van der Waals surface area contributed by atoms with Gasteiger partial charge in [-0.05, 0) is 29.8 Å². The molecule has 2 aromatic carbocycles. The minimum absolute atomic E-state index is 0.00321. The van der Waals surface area contributed by atoms with Crippen molar-refractivity contribution in [2.75, 3.05) is 26.2 Å². The van der Waals surface area contributed by atoms with Gasteiger partial charge in [0.05, 0.1) is 5.02 Å². The minimum atomic E-state index is 0.00321. The quantitative estimate of drug-likeness (QED) is 0.513. The topological polar surface area (TPSA) is 23.6 Å². The van der Waals surface area contributed by atoms with Crippen molar-refractivity contribution in [3.63, 3.8) is 0 Å². The third kappa shape index (κ3) is 4.10. The fourth-order valence-corrected chi connectivity index (χ4v) is 5.16. The van der Waals surface area contributed by atoms with E-state index in [4.69, 9.17) is 34.8 Å². The SMILES string of the molecule is O=C(c1sc2cc(Cl)ccc2c1Cl)N1CCN(Cc2ccc(Cl)cc2)CC1. The summed E-state index contributed by atoms with van der Waals surface area (Å²) in [5.74, 6) is 0.00321. The molecule has 3 aromatic rings. The average molecular weight is 440 g/mol. The maximum atomic E-state index is 13.0. The molecule has 3 nitrogen and oxygen atoms in total. The molecule has 1 fully saturated rings. The van der Waals surface area contributed by atoms with E-state index in [1.165, 1.54) is 16.9 Å². The van der Waals surface area contributed by atoms with Crippen molar-refractivity contribution in [1.82, 2.24) is 9.80 Å². The summed E-state index contributed by atoms with van der Waals surface area (Å²) in [6, 6.07) is 13.4. The summed E-state index contributed by atoms with van der Waals surface area (Å²) in [4.78, 5) is 17.8. The van der Waals surface area contributed by atoms with E-state index in [0.29, 0.717) is 28.0 Å². The molecular weight excluding hydrogens is 423 g/mol. The number of hydrogen-bond acceptors (Lipinski definition) is 3. The molecule has 0 spiro atoms. The predicted octanol–water partition coefficient (Wildman–Crippen LogP) is 5.82. The van der Waals surface area contributed by atoms with Gasteiger partial charge in [-0.3, -0.25) is 9.69 Å². The zero-order valence-corrected chi connectivity index (χ0v) is 17.5. The van der Waals surface area contributed by atoms with E-state index in [2.05, 4.69) is 4.90 Å². The van der Waals surface area contributed by atoms with Crippen LogP contribution in [0.3, 0.4) is 0 Å². The monoisotopic (exact) mass is 438 g/mol. The summed E-state index contributed by atoms with van der Waals surface area (Å²) in [5.41, 5.74) is 1.23. The van der Waals surface area contributed by atoms with Crippen LogP contribution in [0, 0.1) is 0 Å². The summed E-state index contributed by atoms with van der Waals surface area (Å²) in [5, 5.41) is 2.81. The van der Waals surface area contributed by atoms with Crippen molar-refractivity contribution >= 4 is 62.1 Å². The number of benzene rings is 2.